The SMILES string of the molecule is CCCCCOc1cc2c3cc(OCCCCC)c(OCCCCC)cc3c3cc(SCCCCCCCCCCCCCCCCCC[Si](Cl)(Cl)Cl)c(OCCCCC)cc3c2cc1OCCCCC. The van der Waals surface area contributed by atoms with E-state index in [0.29, 0.717) is 26.4 Å². The first kappa shape index (κ1) is 61.6. The van der Waals surface area contributed by atoms with E-state index in [1.54, 1.807) is 0 Å². The van der Waals surface area contributed by atoms with Crippen LogP contribution in [0, 0.1) is 0 Å². The zero-order valence-corrected chi connectivity index (χ0v) is 49.5. The molecule has 0 heterocycles. The van der Waals surface area contributed by atoms with Crippen molar-refractivity contribution < 1.29 is 23.7 Å². The average Bonchev–Trinajstić information content (AvgIpc) is 3.36. The molecule has 10 heteroatoms. The lowest BCUT2D eigenvalue weighted by Crippen LogP contribution is -2.07. The van der Waals surface area contributed by atoms with Crippen molar-refractivity contribution in [2.45, 2.75) is 245 Å². The molecule has 0 aliphatic rings. The van der Waals surface area contributed by atoms with E-state index < -0.39 is 6.00 Å². The van der Waals surface area contributed by atoms with Gasteiger partial charge >= 0.3 is 6.00 Å². The van der Waals surface area contributed by atoms with Crippen molar-refractivity contribution in [1.29, 1.82) is 0 Å². The molecule has 5 nitrogen and oxygen atoms in total. The highest BCUT2D eigenvalue weighted by Crippen LogP contribution is 2.47. The molecule has 0 aromatic heterocycles. The fourth-order valence-corrected chi connectivity index (χ4v) is 12.3. The Morgan fingerprint density at radius 1 is 0.310 bits per heavy atom. The highest BCUT2D eigenvalue weighted by atomic mass is 35.8. The van der Waals surface area contributed by atoms with Gasteiger partial charge in [0.1, 0.15) is 5.75 Å². The molecular weight excluding hydrogens is 979 g/mol. The average molecular weight is 1080 g/mol. The number of hydrogen-bond donors (Lipinski definition) is 0. The Morgan fingerprint density at radius 2 is 0.563 bits per heavy atom. The van der Waals surface area contributed by atoms with Crippen LogP contribution in [0.15, 0.2) is 41.3 Å². The number of rotatable bonds is 45. The Bertz CT molecular complexity index is 1980. The van der Waals surface area contributed by atoms with E-state index in [4.69, 9.17) is 56.9 Å². The van der Waals surface area contributed by atoms with Crippen LogP contribution < -0.4 is 23.7 Å². The third kappa shape index (κ3) is 24.1. The molecule has 0 atom stereocenters. The first-order valence-electron chi connectivity index (χ1n) is 29.1. The summed E-state index contributed by atoms with van der Waals surface area (Å²) in [6, 6.07) is 12.2. The van der Waals surface area contributed by atoms with E-state index in [2.05, 4.69) is 71.0 Å². The standard InChI is InChI=1S/C61H97Cl3O5SSi/c1-6-11-30-37-65-56-44-50-51-45-57(66-38-31-12-7-2)59(68-40-33-14-9-4)47-53(51)55-49-61(60(69-41-34-15-10-5)48-54(55)52(50)46-58(56)67-39-32-13-8-3)70-42-35-28-26-24-22-20-18-16-17-19-21-23-25-27-29-36-43-71(62,63)64/h44-49H,6-43H2,1-5H3. The maximum absolute atomic E-state index is 6.78. The van der Waals surface area contributed by atoms with E-state index in [1.165, 1.54) is 124 Å². The van der Waals surface area contributed by atoms with E-state index in [0.717, 1.165) is 160 Å². The Morgan fingerprint density at radius 3 is 0.859 bits per heavy atom. The van der Waals surface area contributed by atoms with Crippen LogP contribution in [0.1, 0.15) is 234 Å². The minimum Gasteiger partial charge on any atom is -0.492 e. The van der Waals surface area contributed by atoms with Crippen LogP contribution in [-0.4, -0.2) is 44.8 Å². The van der Waals surface area contributed by atoms with Crippen LogP contribution >= 0.6 is 45.0 Å². The summed E-state index contributed by atoms with van der Waals surface area (Å²) >= 11 is 20.0. The van der Waals surface area contributed by atoms with Crippen molar-refractivity contribution in [1.82, 2.24) is 0 Å². The first-order valence-corrected chi connectivity index (χ1v) is 35.4. The molecule has 0 N–H and O–H groups in total. The van der Waals surface area contributed by atoms with Gasteiger partial charge in [0.05, 0.1) is 37.9 Å². The fraction of sp³-hybridized carbons (Fsp3) is 0.705. The van der Waals surface area contributed by atoms with Crippen LogP contribution in [0.25, 0.3) is 32.3 Å². The minimum atomic E-state index is -2.43. The first-order chi connectivity index (χ1) is 34.7. The normalized spacial score (nSPS) is 11.9. The molecule has 0 unspecified atom stereocenters. The maximum Gasteiger partial charge on any atom is 0.341 e. The third-order valence-electron chi connectivity index (χ3n) is 13.8. The fourth-order valence-electron chi connectivity index (χ4n) is 9.45. The topological polar surface area (TPSA) is 46.2 Å². The third-order valence-corrected chi connectivity index (χ3v) is 17.5. The second-order valence-corrected chi connectivity index (χ2v) is 30.6. The molecule has 0 radical (unpaired) electrons. The van der Waals surface area contributed by atoms with E-state index >= 15 is 0 Å². The molecule has 71 heavy (non-hydrogen) atoms. The molecule has 4 aromatic rings. The van der Waals surface area contributed by atoms with E-state index in [-0.39, 0.29) is 0 Å². The summed E-state index contributed by atoms with van der Waals surface area (Å²) in [5, 5.41) is 7.01. The van der Waals surface area contributed by atoms with Gasteiger partial charge < -0.3 is 23.7 Å². The second-order valence-electron chi connectivity index (χ2n) is 20.2. The highest BCUT2D eigenvalue weighted by Gasteiger charge is 2.24. The smallest absolute Gasteiger partial charge is 0.341 e. The van der Waals surface area contributed by atoms with Crippen molar-refractivity contribution in [3.8, 4) is 28.7 Å². The van der Waals surface area contributed by atoms with Gasteiger partial charge in [-0.15, -0.1) is 45.0 Å². The predicted molar refractivity (Wildman–Crippen MR) is 317 cm³/mol. The van der Waals surface area contributed by atoms with Crippen molar-refractivity contribution in [2.24, 2.45) is 0 Å². The van der Waals surface area contributed by atoms with Gasteiger partial charge in [-0.2, -0.15) is 0 Å². The van der Waals surface area contributed by atoms with Gasteiger partial charge in [0.15, 0.2) is 23.0 Å². The van der Waals surface area contributed by atoms with Gasteiger partial charge in [0.25, 0.3) is 0 Å². The number of fused-ring (bicyclic) bond motifs is 6. The van der Waals surface area contributed by atoms with Crippen molar-refractivity contribution in [3.05, 3.63) is 36.4 Å². The molecular formula is C61H97Cl3O5SSi. The second kappa shape index (κ2) is 37.8. The van der Waals surface area contributed by atoms with Crippen LogP contribution in [0.2, 0.25) is 6.04 Å². The molecule has 4 rings (SSSR count). The Hall–Kier alpha value is -1.90. The van der Waals surface area contributed by atoms with Crippen molar-refractivity contribution in [2.75, 3.05) is 38.8 Å². The minimum absolute atomic E-state index is 0.667. The maximum atomic E-state index is 6.78. The summed E-state index contributed by atoms with van der Waals surface area (Å²) in [6.45, 7) is 14.6. The van der Waals surface area contributed by atoms with E-state index in [9.17, 15) is 0 Å². The van der Waals surface area contributed by atoms with Crippen molar-refractivity contribution >= 4 is 83.3 Å². The van der Waals surface area contributed by atoms with Crippen LogP contribution in [0.3, 0.4) is 0 Å². The number of ether oxygens (including phenoxy) is 5. The quantitative estimate of drug-likeness (QED) is 0.0145. The molecule has 0 amide bonds. The number of hydrogen-bond acceptors (Lipinski definition) is 6. The highest BCUT2D eigenvalue weighted by molar-refractivity contribution is 7.99. The summed E-state index contributed by atoms with van der Waals surface area (Å²) in [6.07, 6.45) is 37.6. The van der Waals surface area contributed by atoms with Crippen LogP contribution in [0.4, 0.5) is 0 Å². The van der Waals surface area contributed by atoms with Crippen LogP contribution in [-0.2, 0) is 0 Å². The number of benzene rings is 4. The Balaban J connectivity index is 1.55. The summed E-state index contributed by atoms with van der Waals surface area (Å²) in [5.41, 5.74) is 0. The molecule has 0 spiro atoms. The molecule has 0 saturated heterocycles. The predicted octanol–water partition coefficient (Wildman–Crippen LogP) is 22.0. The summed E-state index contributed by atoms with van der Waals surface area (Å²) in [7, 11) is 0. The van der Waals surface area contributed by atoms with E-state index in [1.807, 2.05) is 11.8 Å². The molecule has 0 aliphatic heterocycles. The molecule has 0 saturated carbocycles. The molecule has 4 aromatic carbocycles. The van der Waals surface area contributed by atoms with Gasteiger partial charge in [0, 0.05) is 0 Å². The van der Waals surface area contributed by atoms with Gasteiger partial charge in [-0.1, -0.05) is 195 Å². The summed E-state index contributed by atoms with van der Waals surface area (Å²) < 4.78 is 33.3. The number of unbranched alkanes of at least 4 members (excludes halogenated alkanes) is 25. The summed E-state index contributed by atoms with van der Waals surface area (Å²) in [5.74, 6) is 5.38. The molecule has 402 valence electrons. The summed E-state index contributed by atoms with van der Waals surface area (Å²) in [4.78, 5) is 1.23. The van der Waals surface area contributed by atoms with Gasteiger partial charge in [-0.3, -0.25) is 0 Å². The van der Waals surface area contributed by atoms with Gasteiger partial charge in [-0.05, 0) is 119 Å². The zero-order chi connectivity index (χ0) is 50.8. The lowest BCUT2D eigenvalue weighted by Gasteiger charge is -2.20. The largest absolute Gasteiger partial charge is 0.492 e. The van der Waals surface area contributed by atoms with Crippen molar-refractivity contribution in [3.63, 3.8) is 0 Å². The van der Waals surface area contributed by atoms with Crippen LogP contribution in [0.5, 0.6) is 28.7 Å². The zero-order valence-electron chi connectivity index (χ0n) is 45.4. The number of thioether (sulfide) groups is 1. The lowest BCUT2D eigenvalue weighted by molar-refractivity contribution is 0.260. The molecule has 0 bridgehead atoms. The number of halogens is 3. The van der Waals surface area contributed by atoms with Gasteiger partial charge in [0.2, 0.25) is 0 Å². The van der Waals surface area contributed by atoms with Gasteiger partial charge in [-0.25, -0.2) is 0 Å². The Labute approximate surface area is 452 Å². The molecule has 0 fully saturated rings. The molecule has 0 aliphatic carbocycles. The Kier molecular flexibility index (Phi) is 32.8. The monoisotopic (exact) mass is 1070 g/mol. The lowest BCUT2D eigenvalue weighted by atomic mass is 9.93.